The van der Waals surface area contributed by atoms with Crippen LogP contribution >= 0.6 is 0 Å². The van der Waals surface area contributed by atoms with Crippen LogP contribution < -0.4 is 10.2 Å². The molecule has 3 aromatic carbocycles. The molecule has 0 aliphatic heterocycles. The van der Waals surface area contributed by atoms with Crippen LogP contribution in [0.3, 0.4) is 0 Å². The molecule has 0 bridgehead atoms. The lowest BCUT2D eigenvalue weighted by Gasteiger charge is -2.30. The Morgan fingerprint density at radius 2 is 1.63 bits per heavy atom. The summed E-state index contributed by atoms with van der Waals surface area (Å²) in [6.07, 6.45) is -6.13. The number of para-hydroxylation sites is 1. The number of benzene rings is 3. The summed E-state index contributed by atoms with van der Waals surface area (Å²) in [6, 6.07) is 20.9. The lowest BCUT2D eigenvalue weighted by Crippen LogP contribution is -2.42. The molecule has 1 heterocycles. The van der Waals surface area contributed by atoms with Crippen LogP contribution in [0.15, 0.2) is 84.9 Å². The number of hydrogen-bond acceptors (Lipinski definition) is 7. The van der Waals surface area contributed by atoms with Gasteiger partial charge < -0.3 is 9.57 Å². The lowest BCUT2D eigenvalue weighted by molar-refractivity contribution is -0.235. The van der Waals surface area contributed by atoms with Crippen molar-refractivity contribution in [3.05, 3.63) is 107 Å². The summed E-state index contributed by atoms with van der Waals surface area (Å²) in [6.45, 7) is 2.04. The number of amides is 2. The fourth-order valence-electron chi connectivity index (χ4n) is 4.12. The zero-order valence-corrected chi connectivity index (χ0v) is 21.6. The average Bonchev–Trinajstić information content (AvgIpc) is 2.97. The van der Waals surface area contributed by atoms with Crippen LogP contribution in [-0.2, 0) is 21.0 Å². The number of carbonyl (C=O) groups is 3. The van der Waals surface area contributed by atoms with E-state index in [2.05, 4.69) is 9.82 Å². The quantitative estimate of drug-likeness (QED) is 0.221. The molecule has 0 radical (unpaired) electrons. The number of pyridine rings is 1. The number of rotatable bonds is 8. The molecule has 0 aliphatic carbocycles. The second-order valence-corrected chi connectivity index (χ2v) is 8.93. The van der Waals surface area contributed by atoms with Gasteiger partial charge in [-0.25, -0.2) is 10.3 Å². The smallest absolute Gasteiger partial charge is 0.489 e. The Bertz CT molecular complexity index is 1550. The third kappa shape index (κ3) is 7.17. The molecule has 1 aromatic heterocycles. The van der Waals surface area contributed by atoms with E-state index >= 15 is 0 Å². The van der Waals surface area contributed by atoms with E-state index in [-0.39, 0.29) is 22.8 Å². The Labute approximate surface area is 232 Å². The van der Waals surface area contributed by atoms with E-state index in [9.17, 15) is 27.6 Å². The van der Waals surface area contributed by atoms with Crippen LogP contribution in [0.4, 0.5) is 13.2 Å². The van der Waals surface area contributed by atoms with Gasteiger partial charge in [0.05, 0.1) is 11.9 Å². The molecule has 1 unspecified atom stereocenters. The fraction of sp³-hybridized carbons (Fsp3) is 0.172. The topological polar surface area (TPSA) is 118 Å². The predicted octanol–water partition coefficient (Wildman–Crippen LogP) is 5.22. The van der Waals surface area contributed by atoms with E-state index in [1.807, 2.05) is 37.3 Å². The molecule has 0 spiro atoms. The highest BCUT2D eigenvalue weighted by atomic mass is 19.4. The minimum Gasteiger partial charge on any atom is -0.489 e. The number of ether oxygens (including phenoxy) is 1. The van der Waals surface area contributed by atoms with Crippen LogP contribution in [0.2, 0.25) is 0 Å². The van der Waals surface area contributed by atoms with Gasteiger partial charge in [0.15, 0.2) is 0 Å². The summed E-state index contributed by atoms with van der Waals surface area (Å²) < 4.78 is 45.2. The second kappa shape index (κ2) is 12.5. The maximum absolute atomic E-state index is 13.4. The van der Waals surface area contributed by atoms with Gasteiger partial charge in [0.25, 0.3) is 5.91 Å². The number of fused-ring (bicyclic) bond motifs is 1. The van der Waals surface area contributed by atoms with Crippen molar-refractivity contribution >= 4 is 28.7 Å². The number of hydrogen-bond donors (Lipinski definition) is 2. The summed E-state index contributed by atoms with van der Waals surface area (Å²) in [5, 5.41) is 10.1. The first-order valence-corrected chi connectivity index (χ1v) is 12.3. The molecule has 1 atom stereocenters. The average molecular weight is 568 g/mol. The van der Waals surface area contributed by atoms with E-state index in [0.717, 1.165) is 22.2 Å². The van der Waals surface area contributed by atoms with Crippen molar-refractivity contribution in [1.82, 2.24) is 15.5 Å². The maximum Gasteiger partial charge on any atom is 0.493 e. The van der Waals surface area contributed by atoms with Crippen molar-refractivity contribution < 1.29 is 42.3 Å². The number of nitrogens with one attached hydrogen (secondary N) is 1. The predicted molar refractivity (Wildman–Crippen MR) is 139 cm³/mol. The molecular weight excluding hydrogens is 543 g/mol. The highest BCUT2D eigenvalue weighted by Gasteiger charge is 2.45. The number of aryl methyl sites for hydroxylation is 1. The Kier molecular flexibility index (Phi) is 8.83. The molecule has 0 aliphatic rings. The molecular formula is C29H24F3N3O6. The number of hydroxylamine groups is 3. The largest absolute Gasteiger partial charge is 0.493 e. The first-order valence-electron chi connectivity index (χ1n) is 12.3. The summed E-state index contributed by atoms with van der Waals surface area (Å²) in [5.41, 5.74) is 3.90. The third-order valence-electron chi connectivity index (χ3n) is 6.01. The second-order valence-electron chi connectivity index (χ2n) is 8.93. The van der Waals surface area contributed by atoms with Gasteiger partial charge in [0.1, 0.15) is 18.4 Å². The molecule has 12 heteroatoms. The zero-order valence-electron chi connectivity index (χ0n) is 21.6. The van der Waals surface area contributed by atoms with Gasteiger partial charge in [0.2, 0.25) is 5.91 Å². The summed E-state index contributed by atoms with van der Waals surface area (Å²) in [4.78, 5) is 46.2. The molecule has 212 valence electrons. The van der Waals surface area contributed by atoms with Crippen LogP contribution in [0, 0.1) is 6.92 Å². The highest BCUT2D eigenvalue weighted by Crippen LogP contribution is 2.30. The van der Waals surface area contributed by atoms with Crippen molar-refractivity contribution in [3.8, 4) is 5.75 Å². The Morgan fingerprint density at radius 3 is 2.29 bits per heavy atom. The van der Waals surface area contributed by atoms with Gasteiger partial charge in [-0.05, 0) is 48.9 Å². The third-order valence-corrected chi connectivity index (χ3v) is 6.01. The maximum atomic E-state index is 13.4. The van der Waals surface area contributed by atoms with Gasteiger partial charge >= 0.3 is 12.1 Å². The monoisotopic (exact) mass is 567 g/mol. The first kappa shape index (κ1) is 29.0. The first-order chi connectivity index (χ1) is 19.6. The van der Waals surface area contributed by atoms with Crippen LogP contribution in [0.25, 0.3) is 10.9 Å². The molecule has 2 N–H and O–H groups in total. The molecule has 4 aromatic rings. The van der Waals surface area contributed by atoms with Crippen molar-refractivity contribution in [2.24, 2.45) is 0 Å². The van der Waals surface area contributed by atoms with E-state index in [0.29, 0.717) is 5.75 Å². The van der Waals surface area contributed by atoms with E-state index in [1.165, 1.54) is 54.0 Å². The molecule has 2 amide bonds. The van der Waals surface area contributed by atoms with Gasteiger partial charge in [-0.2, -0.15) is 18.2 Å². The van der Waals surface area contributed by atoms with Gasteiger partial charge in [0, 0.05) is 22.2 Å². The van der Waals surface area contributed by atoms with Crippen molar-refractivity contribution in [2.45, 2.75) is 32.2 Å². The summed E-state index contributed by atoms with van der Waals surface area (Å²) >= 11 is 0. The Balaban J connectivity index is 1.60. The highest BCUT2D eigenvalue weighted by molar-refractivity contribution is 5.95. The normalized spacial score (nSPS) is 11.9. The number of aromatic nitrogens is 1. The minimum absolute atomic E-state index is 0.150. The van der Waals surface area contributed by atoms with E-state index in [1.54, 1.807) is 6.07 Å². The standard InChI is InChI=1S/C29H24F3N3O6/c1-18-15-21(23-9-5-6-10-24(23)33-18)17-40-22-13-11-20(12-14-22)27(37)35(41-28(38)29(30,31)32)25(16-26(36)34-39)19-7-3-2-4-8-19/h2-15,25,39H,16-17H2,1H3,(H,34,36). The number of nitrogens with zero attached hydrogens (tertiary/aromatic N) is 2. The fourth-order valence-corrected chi connectivity index (χ4v) is 4.12. The molecule has 0 saturated heterocycles. The number of alkyl halides is 3. The van der Waals surface area contributed by atoms with Crippen molar-refractivity contribution in [3.63, 3.8) is 0 Å². The van der Waals surface area contributed by atoms with Crippen LogP contribution in [-0.4, -0.2) is 39.2 Å². The SMILES string of the molecule is Cc1cc(COc2ccc(C(=O)N(OC(=O)C(F)(F)F)C(CC(=O)NO)c3ccccc3)cc2)c2ccccc2n1. The molecule has 41 heavy (non-hydrogen) atoms. The van der Waals surface area contributed by atoms with Crippen LogP contribution in [0.1, 0.15) is 39.6 Å². The van der Waals surface area contributed by atoms with Crippen LogP contribution in [0.5, 0.6) is 5.75 Å². The summed E-state index contributed by atoms with van der Waals surface area (Å²) in [5.74, 6) is -4.46. The molecule has 0 saturated carbocycles. The zero-order chi connectivity index (χ0) is 29.6. The molecule has 9 nitrogen and oxygen atoms in total. The Hall–Kier alpha value is -4.97. The van der Waals surface area contributed by atoms with Gasteiger partial charge in [-0.1, -0.05) is 48.5 Å². The summed E-state index contributed by atoms with van der Waals surface area (Å²) in [7, 11) is 0. The molecule has 4 rings (SSSR count). The number of carbonyl (C=O) groups excluding carboxylic acids is 3. The van der Waals surface area contributed by atoms with Crippen molar-refractivity contribution in [2.75, 3.05) is 0 Å². The van der Waals surface area contributed by atoms with Gasteiger partial charge in [-0.15, -0.1) is 0 Å². The van der Waals surface area contributed by atoms with E-state index in [4.69, 9.17) is 9.94 Å². The van der Waals surface area contributed by atoms with E-state index < -0.39 is 36.4 Å². The van der Waals surface area contributed by atoms with Gasteiger partial charge in [-0.3, -0.25) is 19.8 Å². The minimum atomic E-state index is -5.42. The number of halogens is 3. The molecule has 0 fully saturated rings. The Morgan fingerprint density at radius 1 is 0.976 bits per heavy atom. The van der Waals surface area contributed by atoms with Crippen molar-refractivity contribution in [1.29, 1.82) is 0 Å². The lowest BCUT2D eigenvalue weighted by atomic mass is 10.0.